The monoisotopic (exact) mass is 578 g/mol. The number of benzene rings is 3. The Labute approximate surface area is 244 Å². The van der Waals surface area contributed by atoms with E-state index in [4.69, 9.17) is 4.74 Å². The van der Waals surface area contributed by atoms with E-state index < -0.39 is 45.5 Å². The van der Waals surface area contributed by atoms with Gasteiger partial charge in [-0.25, -0.2) is 8.42 Å². The number of nitrogens with zero attached hydrogens (tertiary/aromatic N) is 1. The minimum Gasteiger partial charge on any atom is -0.496 e. The van der Waals surface area contributed by atoms with Crippen molar-refractivity contribution in [3.05, 3.63) is 95.6 Å². The number of nitrogens with one attached hydrogen (secondary N) is 1. The van der Waals surface area contributed by atoms with E-state index in [1.54, 1.807) is 25.3 Å². The lowest BCUT2D eigenvalue weighted by Crippen LogP contribution is -2.48. The fourth-order valence-corrected chi connectivity index (χ4v) is 7.84. The molecule has 2 N–H and O–H groups in total. The molecule has 4 atom stereocenters. The molecule has 3 aromatic rings. The molecule has 0 saturated carbocycles. The summed E-state index contributed by atoms with van der Waals surface area (Å²) in [5.41, 5.74) is 2.18. The molecule has 1 heterocycles. The summed E-state index contributed by atoms with van der Waals surface area (Å²) in [7, 11) is -2.56. The number of ether oxygens (including phenoxy) is 1. The minimum absolute atomic E-state index is 0.0695. The van der Waals surface area contributed by atoms with E-state index in [0.717, 1.165) is 22.4 Å². The molecule has 0 aromatic heterocycles. The molecule has 4 rings (SSSR count). The van der Waals surface area contributed by atoms with Crippen LogP contribution in [-0.2, 0) is 26.8 Å². The first kappa shape index (κ1) is 30.8. The topological polar surface area (TPSA) is 95.9 Å². The van der Waals surface area contributed by atoms with Crippen molar-refractivity contribution in [2.45, 2.75) is 76.5 Å². The number of hydrogen-bond donors (Lipinski definition) is 2. The van der Waals surface area contributed by atoms with Crippen LogP contribution in [0.5, 0.6) is 5.75 Å². The van der Waals surface area contributed by atoms with Crippen molar-refractivity contribution in [2.24, 2.45) is 11.3 Å². The molecule has 1 fully saturated rings. The summed E-state index contributed by atoms with van der Waals surface area (Å²) in [6.07, 6.45) is 0. The second-order valence-corrected chi connectivity index (χ2v) is 14.7. The smallest absolute Gasteiger partial charge is 0.322 e. The number of carbonyl (C=O) groups is 1. The van der Waals surface area contributed by atoms with Crippen molar-refractivity contribution in [1.82, 2.24) is 9.62 Å². The highest BCUT2D eigenvalue weighted by Gasteiger charge is 2.60. The van der Waals surface area contributed by atoms with Crippen molar-refractivity contribution in [1.29, 1.82) is 0 Å². The maximum absolute atomic E-state index is 14.3. The van der Waals surface area contributed by atoms with Crippen LogP contribution in [0, 0.1) is 11.3 Å². The summed E-state index contributed by atoms with van der Waals surface area (Å²) < 4.78 is 35.5. The molecule has 0 unspecified atom stereocenters. The molecule has 8 heteroatoms. The van der Waals surface area contributed by atoms with Gasteiger partial charge >= 0.3 is 5.97 Å². The first-order chi connectivity index (χ1) is 19.2. The molecule has 7 nitrogen and oxygen atoms in total. The molecular weight excluding hydrogens is 536 g/mol. The number of sulfonamides is 1. The van der Waals surface area contributed by atoms with Gasteiger partial charge in [0.15, 0.2) is 0 Å². The van der Waals surface area contributed by atoms with Gasteiger partial charge in [0.2, 0.25) is 10.0 Å². The average Bonchev–Trinajstić information content (AvgIpc) is 3.29. The van der Waals surface area contributed by atoms with Crippen LogP contribution >= 0.6 is 0 Å². The van der Waals surface area contributed by atoms with E-state index >= 15 is 0 Å². The number of aliphatic carboxylic acids is 1. The zero-order valence-electron chi connectivity index (χ0n) is 25.0. The fourth-order valence-electron chi connectivity index (χ4n) is 6.02. The van der Waals surface area contributed by atoms with Gasteiger partial charge in [-0.1, -0.05) is 102 Å². The van der Waals surface area contributed by atoms with E-state index in [0.29, 0.717) is 6.54 Å². The average molecular weight is 579 g/mol. The number of carboxylic acids is 1. The normalized spacial score (nSPS) is 22.0. The predicted molar refractivity (Wildman–Crippen MR) is 161 cm³/mol. The highest BCUT2D eigenvalue weighted by molar-refractivity contribution is 7.89. The maximum atomic E-state index is 14.3. The van der Waals surface area contributed by atoms with Gasteiger partial charge in [0.25, 0.3) is 0 Å². The first-order valence-electron chi connectivity index (χ1n) is 13.9. The third-order valence-electron chi connectivity index (χ3n) is 8.00. The fraction of sp³-hybridized carbons (Fsp3) is 0.424. The molecule has 3 aromatic carbocycles. The van der Waals surface area contributed by atoms with Crippen molar-refractivity contribution >= 4 is 16.0 Å². The summed E-state index contributed by atoms with van der Waals surface area (Å²) in [6, 6.07) is 21.0. The van der Waals surface area contributed by atoms with Crippen LogP contribution in [0.4, 0.5) is 0 Å². The standard InChI is InChI=1S/C33H42N2O5S/c1-32(2,3)24-18-19-26(40-7)23(20-24)21-34-28-27(33(4,5)6)30(31(36)37)35(29(28)22-14-10-8-11-15-22)41(38,39)25-16-12-9-13-17-25/h8-20,27-30,34H,21H2,1-7H3,(H,36,37)/t27-,28-,29-,30-/m0/s1. The Morgan fingerprint density at radius 1 is 0.927 bits per heavy atom. The lowest BCUT2D eigenvalue weighted by Gasteiger charge is -2.36. The Morgan fingerprint density at radius 3 is 2.02 bits per heavy atom. The predicted octanol–water partition coefficient (Wildman–Crippen LogP) is 6.01. The molecule has 0 spiro atoms. The first-order valence-corrected chi connectivity index (χ1v) is 15.4. The Kier molecular flexibility index (Phi) is 8.69. The summed E-state index contributed by atoms with van der Waals surface area (Å²) in [5, 5.41) is 14.3. The van der Waals surface area contributed by atoms with Crippen molar-refractivity contribution in [3.8, 4) is 5.75 Å². The van der Waals surface area contributed by atoms with Crippen LogP contribution in [-0.4, -0.2) is 43.0 Å². The zero-order valence-corrected chi connectivity index (χ0v) is 25.8. The quantitative estimate of drug-likeness (QED) is 0.340. The van der Waals surface area contributed by atoms with Crippen LogP contribution in [0.25, 0.3) is 0 Å². The van der Waals surface area contributed by atoms with E-state index in [-0.39, 0.29) is 10.3 Å². The summed E-state index contributed by atoms with van der Waals surface area (Å²) in [6.45, 7) is 12.7. The third-order valence-corrected chi connectivity index (χ3v) is 9.88. The van der Waals surface area contributed by atoms with E-state index in [2.05, 4.69) is 38.2 Å². The molecule has 1 aliphatic rings. The summed E-state index contributed by atoms with van der Waals surface area (Å²) in [5.74, 6) is -1.00. The molecule has 0 amide bonds. The van der Waals surface area contributed by atoms with Gasteiger partial charge < -0.3 is 15.2 Å². The van der Waals surface area contributed by atoms with Gasteiger partial charge in [0, 0.05) is 24.1 Å². The Morgan fingerprint density at radius 2 is 1.51 bits per heavy atom. The van der Waals surface area contributed by atoms with Gasteiger partial charge in [-0.3, -0.25) is 4.79 Å². The molecule has 0 radical (unpaired) electrons. The summed E-state index contributed by atoms with van der Waals surface area (Å²) in [4.78, 5) is 13.1. The number of methoxy groups -OCH3 is 1. The largest absolute Gasteiger partial charge is 0.496 e. The molecule has 41 heavy (non-hydrogen) atoms. The molecule has 0 aliphatic carbocycles. The van der Waals surface area contributed by atoms with E-state index in [9.17, 15) is 18.3 Å². The SMILES string of the molecule is COc1ccc(C(C)(C)C)cc1CN[C@H]1[C@H](C(C)(C)C)[C@@H](C(=O)O)N(S(=O)(=O)c2ccccc2)[C@H]1c1ccccc1. The van der Waals surface area contributed by atoms with Crippen LogP contribution in [0.3, 0.4) is 0 Å². The van der Waals surface area contributed by atoms with Crippen LogP contribution < -0.4 is 10.1 Å². The van der Waals surface area contributed by atoms with Gasteiger partial charge in [-0.2, -0.15) is 4.31 Å². The highest BCUT2D eigenvalue weighted by Crippen LogP contribution is 2.50. The Hall–Kier alpha value is -3.20. The van der Waals surface area contributed by atoms with Crippen LogP contribution in [0.15, 0.2) is 83.8 Å². The maximum Gasteiger partial charge on any atom is 0.322 e. The Balaban J connectivity index is 1.90. The van der Waals surface area contributed by atoms with E-state index in [1.807, 2.05) is 57.2 Å². The minimum atomic E-state index is -4.19. The molecule has 1 aliphatic heterocycles. The highest BCUT2D eigenvalue weighted by atomic mass is 32.2. The molecule has 0 bridgehead atoms. The van der Waals surface area contributed by atoms with Crippen LogP contribution in [0.2, 0.25) is 0 Å². The number of carboxylic acid groups (broad SMARTS) is 1. The van der Waals surface area contributed by atoms with Gasteiger partial charge in [-0.15, -0.1) is 0 Å². The van der Waals surface area contributed by atoms with Gasteiger partial charge in [0.05, 0.1) is 18.0 Å². The van der Waals surface area contributed by atoms with Crippen molar-refractivity contribution < 1.29 is 23.1 Å². The Bertz CT molecular complexity index is 1460. The lowest BCUT2D eigenvalue weighted by atomic mass is 9.72. The molecule has 220 valence electrons. The molecule has 1 saturated heterocycles. The van der Waals surface area contributed by atoms with Gasteiger partial charge in [-0.05, 0) is 40.2 Å². The summed E-state index contributed by atoms with van der Waals surface area (Å²) >= 11 is 0. The van der Waals surface area contributed by atoms with Crippen LogP contribution in [0.1, 0.15) is 64.3 Å². The molecular formula is C33H42N2O5S. The zero-order chi connectivity index (χ0) is 30.2. The van der Waals surface area contributed by atoms with Crippen molar-refractivity contribution in [2.75, 3.05) is 7.11 Å². The van der Waals surface area contributed by atoms with E-state index in [1.165, 1.54) is 16.4 Å². The second kappa shape index (κ2) is 11.6. The lowest BCUT2D eigenvalue weighted by molar-refractivity contribution is -0.143. The van der Waals surface area contributed by atoms with Crippen molar-refractivity contribution in [3.63, 3.8) is 0 Å². The number of hydrogen-bond acceptors (Lipinski definition) is 5. The van der Waals surface area contributed by atoms with Gasteiger partial charge in [0.1, 0.15) is 11.8 Å². The number of rotatable bonds is 8. The third kappa shape index (κ3) is 6.20. The second-order valence-electron chi connectivity index (χ2n) is 12.9.